The van der Waals surface area contributed by atoms with Crippen molar-refractivity contribution in [2.75, 3.05) is 18.3 Å². The van der Waals surface area contributed by atoms with E-state index < -0.39 is 9.84 Å². The Balaban J connectivity index is 1.90. The Kier molecular flexibility index (Phi) is 5.55. The van der Waals surface area contributed by atoms with Gasteiger partial charge in [-0.1, -0.05) is 0 Å². The van der Waals surface area contributed by atoms with E-state index in [0.717, 1.165) is 11.9 Å². The van der Waals surface area contributed by atoms with Crippen LogP contribution < -0.4 is 10.2 Å². The van der Waals surface area contributed by atoms with E-state index in [9.17, 15) is 8.42 Å². The Hall–Kier alpha value is -2.85. The molecule has 0 fully saturated rings. The number of sulfone groups is 1. The highest BCUT2D eigenvalue weighted by molar-refractivity contribution is 7.90. The van der Waals surface area contributed by atoms with E-state index in [-0.39, 0.29) is 11.5 Å². The third-order valence-electron chi connectivity index (χ3n) is 3.09. The van der Waals surface area contributed by atoms with Crippen LogP contribution in [0.4, 0.5) is 5.69 Å². The predicted octanol–water partition coefficient (Wildman–Crippen LogP) is 2.83. The molecule has 0 aromatic heterocycles. The molecule has 0 radical (unpaired) electrons. The lowest BCUT2D eigenvalue weighted by Gasteiger charge is -2.07. The van der Waals surface area contributed by atoms with Gasteiger partial charge in [-0.3, -0.25) is 5.43 Å². The largest absolute Gasteiger partial charge is 0.488 e. The van der Waals surface area contributed by atoms with E-state index in [1.54, 1.807) is 36.4 Å². The number of nitriles is 1. The number of ether oxygens (including phenoxy) is 1. The van der Waals surface area contributed by atoms with Crippen molar-refractivity contribution in [3.05, 3.63) is 54.1 Å². The number of benzene rings is 2. The van der Waals surface area contributed by atoms with E-state index in [2.05, 4.69) is 10.5 Å². The van der Waals surface area contributed by atoms with Crippen LogP contribution in [-0.4, -0.2) is 27.0 Å². The molecule has 0 bridgehead atoms. The summed E-state index contributed by atoms with van der Waals surface area (Å²) in [5.41, 5.74) is 4.95. The van der Waals surface area contributed by atoms with Gasteiger partial charge in [0, 0.05) is 6.26 Å². The second-order valence-corrected chi connectivity index (χ2v) is 7.20. The minimum absolute atomic E-state index is 0.253. The van der Waals surface area contributed by atoms with Crippen LogP contribution in [0.1, 0.15) is 12.5 Å². The second kappa shape index (κ2) is 7.62. The lowest BCUT2D eigenvalue weighted by molar-refractivity contribution is 0.375. The van der Waals surface area contributed by atoms with Gasteiger partial charge < -0.3 is 4.74 Å². The van der Waals surface area contributed by atoms with Crippen LogP contribution in [0.2, 0.25) is 0 Å². The number of hydrazone groups is 1. The van der Waals surface area contributed by atoms with Gasteiger partial charge >= 0.3 is 0 Å². The molecule has 2 rings (SSSR count). The first-order chi connectivity index (χ1) is 11.4. The van der Waals surface area contributed by atoms with Gasteiger partial charge in [-0.2, -0.15) is 10.4 Å². The van der Waals surface area contributed by atoms with Crippen LogP contribution >= 0.6 is 0 Å². The SMILES string of the molecule is C/C(COc1ccc(S(C)(=O)=O)cc1)=N\Nc1ccc(C#N)cc1. The van der Waals surface area contributed by atoms with Crippen molar-refractivity contribution in [2.45, 2.75) is 11.8 Å². The fourth-order valence-corrected chi connectivity index (χ4v) is 2.41. The summed E-state index contributed by atoms with van der Waals surface area (Å²) in [5, 5.41) is 12.9. The van der Waals surface area contributed by atoms with Gasteiger partial charge in [0.1, 0.15) is 12.4 Å². The van der Waals surface area contributed by atoms with Gasteiger partial charge in [0.2, 0.25) is 0 Å². The van der Waals surface area contributed by atoms with Gasteiger partial charge in [0.25, 0.3) is 0 Å². The van der Waals surface area contributed by atoms with Crippen molar-refractivity contribution in [1.29, 1.82) is 5.26 Å². The van der Waals surface area contributed by atoms with Crippen LogP contribution in [0, 0.1) is 11.3 Å². The van der Waals surface area contributed by atoms with Gasteiger partial charge in [-0.05, 0) is 55.5 Å². The molecule has 124 valence electrons. The van der Waals surface area contributed by atoms with Crippen LogP contribution in [0.3, 0.4) is 0 Å². The van der Waals surface area contributed by atoms with Crippen LogP contribution in [0.25, 0.3) is 0 Å². The number of hydrogen-bond donors (Lipinski definition) is 1. The highest BCUT2D eigenvalue weighted by atomic mass is 32.2. The second-order valence-electron chi connectivity index (χ2n) is 5.18. The Labute approximate surface area is 141 Å². The van der Waals surface area contributed by atoms with Crippen LogP contribution in [0.5, 0.6) is 5.75 Å². The van der Waals surface area contributed by atoms with Crippen molar-refractivity contribution in [2.24, 2.45) is 5.10 Å². The van der Waals surface area contributed by atoms with Crippen molar-refractivity contribution < 1.29 is 13.2 Å². The third-order valence-corrected chi connectivity index (χ3v) is 4.22. The monoisotopic (exact) mass is 343 g/mol. The molecule has 0 aliphatic heterocycles. The number of rotatable bonds is 6. The zero-order valence-electron chi connectivity index (χ0n) is 13.4. The summed E-state index contributed by atoms with van der Waals surface area (Å²) in [6, 6.07) is 15.2. The number of hydrogen-bond acceptors (Lipinski definition) is 6. The van der Waals surface area contributed by atoms with Crippen molar-refractivity contribution in [1.82, 2.24) is 0 Å². The highest BCUT2D eigenvalue weighted by Crippen LogP contribution is 2.16. The molecule has 24 heavy (non-hydrogen) atoms. The molecule has 0 saturated heterocycles. The quantitative estimate of drug-likeness (QED) is 0.643. The summed E-state index contributed by atoms with van der Waals surface area (Å²) < 4.78 is 28.3. The molecule has 1 N–H and O–H groups in total. The van der Waals surface area contributed by atoms with Crippen LogP contribution in [0.15, 0.2) is 58.5 Å². The average Bonchev–Trinajstić information content (AvgIpc) is 2.58. The Bertz CT molecular complexity index is 865. The Morgan fingerprint density at radius 1 is 1.17 bits per heavy atom. The zero-order valence-corrected chi connectivity index (χ0v) is 14.2. The Morgan fingerprint density at radius 2 is 1.79 bits per heavy atom. The molecule has 0 saturated carbocycles. The molecule has 0 heterocycles. The van der Waals surface area contributed by atoms with E-state index in [4.69, 9.17) is 10.00 Å². The molecule has 2 aromatic rings. The van der Waals surface area contributed by atoms with Crippen molar-refractivity contribution in [3.8, 4) is 11.8 Å². The van der Waals surface area contributed by atoms with Gasteiger partial charge in [-0.25, -0.2) is 8.42 Å². The van der Waals surface area contributed by atoms with Crippen LogP contribution in [-0.2, 0) is 9.84 Å². The fraction of sp³-hybridized carbons (Fsp3) is 0.176. The van der Waals surface area contributed by atoms with Gasteiger partial charge in [-0.15, -0.1) is 0 Å². The lowest BCUT2D eigenvalue weighted by Crippen LogP contribution is -2.09. The molecular formula is C17H17N3O3S. The summed E-state index contributed by atoms with van der Waals surface area (Å²) >= 11 is 0. The molecular weight excluding hydrogens is 326 g/mol. The number of anilines is 1. The molecule has 0 aliphatic carbocycles. The van der Waals surface area contributed by atoms with Gasteiger partial charge in [0.15, 0.2) is 9.84 Å². The zero-order chi connectivity index (χ0) is 17.6. The van der Waals surface area contributed by atoms with E-state index in [0.29, 0.717) is 17.0 Å². The van der Waals surface area contributed by atoms with Crippen molar-refractivity contribution >= 4 is 21.2 Å². The smallest absolute Gasteiger partial charge is 0.175 e. The minimum atomic E-state index is -3.20. The normalized spacial score (nSPS) is 11.6. The first-order valence-corrected chi connectivity index (χ1v) is 9.00. The third kappa shape index (κ3) is 5.11. The highest BCUT2D eigenvalue weighted by Gasteiger charge is 2.06. The van der Waals surface area contributed by atoms with E-state index >= 15 is 0 Å². The molecule has 2 aromatic carbocycles. The van der Waals surface area contributed by atoms with Crippen molar-refractivity contribution in [3.63, 3.8) is 0 Å². The average molecular weight is 343 g/mol. The maximum atomic E-state index is 11.4. The van der Waals surface area contributed by atoms with Gasteiger partial charge in [0.05, 0.1) is 27.9 Å². The Morgan fingerprint density at radius 3 is 2.33 bits per heavy atom. The molecule has 0 aliphatic rings. The topological polar surface area (TPSA) is 91.6 Å². The molecule has 0 atom stereocenters. The number of nitrogens with one attached hydrogen (secondary N) is 1. The molecule has 7 heteroatoms. The fourth-order valence-electron chi connectivity index (χ4n) is 1.78. The minimum Gasteiger partial charge on any atom is -0.488 e. The summed E-state index contributed by atoms with van der Waals surface area (Å²) in [5.74, 6) is 0.565. The standard InChI is InChI=1S/C17H17N3O3S/c1-13(19-20-15-5-3-14(11-18)4-6-15)12-23-16-7-9-17(10-8-16)24(2,21)22/h3-10,20H,12H2,1-2H3/b19-13+. The maximum absolute atomic E-state index is 11.4. The summed E-state index contributed by atoms with van der Waals surface area (Å²) in [6.45, 7) is 2.07. The molecule has 6 nitrogen and oxygen atoms in total. The van der Waals surface area contributed by atoms with E-state index in [1.807, 2.05) is 13.0 Å². The predicted molar refractivity (Wildman–Crippen MR) is 92.9 cm³/mol. The first kappa shape index (κ1) is 17.5. The summed E-state index contributed by atoms with van der Waals surface area (Å²) in [6.07, 6.45) is 1.16. The molecule has 0 amide bonds. The summed E-state index contributed by atoms with van der Waals surface area (Å²) in [4.78, 5) is 0.253. The summed E-state index contributed by atoms with van der Waals surface area (Å²) in [7, 11) is -3.20. The van der Waals surface area contributed by atoms with E-state index in [1.165, 1.54) is 12.1 Å². The number of nitrogens with zero attached hydrogens (tertiary/aromatic N) is 2. The molecule has 0 unspecified atom stereocenters. The lowest BCUT2D eigenvalue weighted by atomic mass is 10.2. The first-order valence-electron chi connectivity index (χ1n) is 7.11. The maximum Gasteiger partial charge on any atom is 0.175 e. The molecule has 0 spiro atoms.